The van der Waals surface area contributed by atoms with E-state index in [-0.39, 0.29) is 31.1 Å². The number of aromatic carboxylic acids is 1. The van der Waals surface area contributed by atoms with Gasteiger partial charge in [-0.15, -0.1) is 0 Å². The molecule has 1 aliphatic heterocycles. The molecular formula is C13H11F2N3O3. The van der Waals surface area contributed by atoms with Gasteiger partial charge in [0.2, 0.25) is 5.89 Å². The van der Waals surface area contributed by atoms with Crippen LogP contribution in [0.4, 0.5) is 14.6 Å². The molecule has 0 aromatic carbocycles. The maximum absolute atomic E-state index is 13.2. The summed E-state index contributed by atoms with van der Waals surface area (Å²) >= 11 is 0. The fourth-order valence-corrected chi connectivity index (χ4v) is 2.16. The van der Waals surface area contributed by atoms with Crippen molar-refractivity contribution in [3.8, 4) is 11.5 Å². The van der Waals surface area contributed by atoms with Gasteiger partial charge in [-0.25, -0.2) is 23.5 Å². The smallest absolute Gasteiger partial charge is 0.357 e. The third kappa shape index (κ3) is 2.69. The molecule has 0 saturated carbocycles. The number of pyridine rings is 1. The first kappa shape index (κ1) is 13.5. The number of halogens is 2. The Kier molecular flexibility index (Phi) is 3.08. The number of aromatic nitrogens is 2. The van der Waals surface area contributed by atoms with Gasteiger partial charge in [0.25, 0.3) is 5.92 Å². The first-order valence-corrected chi connectivity index (χ1v) is 6.23. The molecule has 1 N–H and O–H groups in total. The molecule has 0 aliphatic carbocycles. The number of carboxylic acids is 1. The van der Waals surface area contributed by atoms with Gasteiger partial charge in [0, 0.05) is 24.7 Å². The van der Waals surface area contributed by atoms with Crippen LogP contribution in [-0.4, -0.2) is 40.1 Å². The summed E-state index contributed by atoms with van der Waals surface area (Å²) < 4.78 is 31.5. The van der Waals surface area contributed by atoms with E-state index in [1.165, 1.54) is 11.1 Å². The van der Waals surface area contributed by atoms with Crippen molar-refractivity contribution in [2.45, 2.75) is 12.3 Å². The van der Waals surface area contributed by atoms with Gasteiger partial charge in [0.15, 0.2) is 5.69 Å². The molecule has 1 saturated heterocycles. The van der Waals surface area contributed by atoms with Crippen LogP contribution in [0.2, 0.25) is 0 Å². The zero-order valence-electron chi connectivity index (χ0n) is 10.8. The van der Waals surface area contributed by atoms with Crippen LogP contribution >= 0.6 is 0 Å². The van der Waals surface area contributed by atoms with E-state index in [0.717, 1.165) is 6.26 Å². The molecule has 0 amide bonds. The molecule has 0 spiro atoms. The largest absolute Gasteiger partial charge is 0.476 e. The van der Waals surface area contributed by atoms with Crippen LogP contribution < -0.4 is 4.90 Å². The summed E-state index contributed by atoms with van der Waals surface area (Å²) in [5, 5.41) is 8.80. The molecule has 0 radical (unpaired) electrons. The van der Waals surface area contributed by atoms with Gasteiger partial charge >= 0.3 is 5.97 Å². The van der Waals surface area contributed by atoms with E-state index in [9.17, 15) is 13.6 Å². The number of rotatable bonds is 3. The van der Waals surface area contributed by atoms with E-state index in [1.807, 2.05) is 0 Å². The first-order valence-electron chi connectivity index (χ1n) is 6.23. The summed E-state index contributed by atoms with van der Waals surface area (Å²) in [5.41, 5.74) is 0.277. The van der Waals surface area contributed by atoms with Crippen molar-refractivity contribution in [3.63, 3.8) is 0 Å². The molecule has 0 unspecified atom stereocenters. The highest BCUT2D eigenvalue weighted by Crippen LogP contribution is 2.31. The molecule has 6 nitrogen and oxygen atoms in total. The molecular weight excluding hydrogens is 284 g/mol. The van der Waals surface area contributed by atoms with Crippen molar-refractivity contribution < 1.29 is 23.1 Å². The number of alkyl halides is 2. The van der Waals surface area contributed by atoms with E-state index in [1.54, 1.807) is 12.1 Å². The Hall–Kier alpha value is -2.51. The lowest BCUT2D eigenvalue weighted by Gasteiger charge is -2.17. The summed E-state index contributed by atoms with van der Waals surface area (Å²) in [7, 11) is 0. The second-order valence-electron chi connectivity index (χ2n) is 4.77. The lowest BCUT2D eigenvalue weighted by Crippen LogP contribution is -2.25. The highest BCUT2D eigenvalue weighted by atomic mass is 19.3. The summed E-state index contributed by atoms with van der Waals surface area (Å²) in [6.07, 6.45) is 2.27. The SMILES string of the molecule is O=C(O)c1coc(-c2ccnc(N3CCC(F)(F)C3)c2)n1. The fourth-order valence-electron chi connectivity index (χ4n) is 2.16. The Bertz CT molecular complexity index is 687. The van der Waals surface area contributed by atoms with Crippen LogP contribution in [0.1, 0.15) is 16.9 Å². The minimum atomic E-state index is -2.71. The van der Waals surface area contributed by atoms with Crippen molar-refractivity contribution in [1.29, 1.82) is 0 Å². The Labute approximate surface area is 118 Å². The number of nitrogens with zero attached hydrogens (tertiary/aromatic N) is 3. The quantitative estimate of drug-likeness (QED) is 0.935. The topological polar surface area (TPSA) is 79.5 Å². The average Bonchev–Trinajstić information content (AvgIpc) is 3.05. The van der Waals surface area contributed by atoms with Crippen molar-refractivity contribution in [2.24, 2.45) is 0 Å². The maximum Gasteiger partial charge on any atom is 0.357 e. The minimum absolute atomic E-state index is 0.113. The molecule has 1 fully saturated rings. The first-order chi connectivity index (χ1) is 9.94. The van der Waals surface area contributed by atoms with Gasteiger partial charge in [0.05, 0.1) is 6.54 Å². The molecule has 2 aromatic rings. The maximum atomic E-state index is 13.2. The molecule has 8 heteroatoms. The van der Waals surface area contributed by atoms with E-state index in [2.05, 4.69) is 9.97 Å². The lowest BCUT2D eigenvalue weighted by atomic mass is 10.2. The van der Waals surface area contributed by atoms with E-state index in [4.69, 9.17) is 9.52 Å². The van der Waals surface area contributed by atoms with Crippen LogP contribution in [0.25, 0.3) is 11.5 Å². The van der Waals surface area contributed by atoms with Crippen molar-refractivity contribution in [1.82, 2.24) is 9.97 Å². The highest BCUT2D eigenvalue weighted by Gasteiger charge is 2.38. The Morgan fingerprint density at radius 2 is 2.29 bits per heavy atom. The van der Waals surface area contributed by atoms with Crippen molar-refractivity contribution in [3.05, 3.63) is 30.3 Å². The zero-order valence-corrected chi connectivity index (χ0v) is 10.8. The van der Waals surface area contributed by atoms with Crippen molar-refractivity contribution in [2.75, 3.05) is 18.0 Å². The van der Waals surface area contributed by atoms with Crippen molar-refractivity contribution >= 4 is 11.8 Å². The second-order valence-corrected chi connectivity index (χ2v) is 4.77. The molecule has 21 heavy (non-hydrogen) atoms. The van der Waals surface area contributed by atoms with Gasteiger partial charge in [-0.3, -0.25) is 0 Å². The van der Waals surface area contributed by atoms with E-state index < -0.39 is 11.9 Å². The number of hydrogen-bond donors (Lipinski definition) is 1. The second kappa shape index (κ2) is 4.80. The summed E-state index contributed by atoms with van der Waals surface area (Å²) in [6, 6.07) is 3.13. The standard InChI is InChI=1S/C13H11F2N3O3/c14-13(15)2-4-18(7-13)10-5-8(1-3-16-10)11-17-9(6-21-11)12(19)20/h1,3,5-6H,2,4,7H2,(H,19,20). The molecule has 0 atom stereocenters. The van der Waals surface area contributed by atoms with Gasteiger partial charge in [-0.1, -0.05) is 0 Å². The molecule has 0 bridgehead atoms. The van der Waals surface area contributed by atoms with Crippen LogP contribution in [0.3, 0.4) is 0 Å². The molecule has 110 valence electrons. The van der Waals surface area contributed by atoms with Crippen LogP contribution in [0.15, 0.2) is 29.0 Å². The lowest BCUT2D eigenvalue weighted by molar-refractivity contribution is 0.0256. The summed E-state index contributed by atoms with van der Waals surface area (Å²) in [6.45, 7) is -0.162. The molecule has 3 heterocycles. The predicted molar refractivity (Wildman–Crippen MR) is 68.5 cm³/mol. The third-order valence-electron chi connectivity index (χ3n) is 3.21. The zero-order chi connectivity index (χ0) is 15.0. The van der Waals surface area contributed by atoms with Gasteiger partial charge in [0.1, 0.15) is 12.1 Å². The monoisotopic (exact) mass is 295 g/mol. The number of oxazole rings is 1. The Morgan fingerprint density at radius 3 is 2.90 bits per heavy atom. The van der Waals surface area contributed by atoms with Crippen LogP contribution in [-0.2, 0) is 0 Å². The Morgan fingerprint density at radius 1 is 1.48 bits per heavy atom. The van der Waals surface area contributed by atoms with Crippen LogP contribution in [0, 0.1) is 0 Å². The number of carboxylic acid groups (broad SMARTS) is 1. The van der Waals surface area contributed by atoms with Gasteiger partial charge < -0.3 is 14.4 Å². The number of hydrogen-bond acceptors (Lipinski definition) is 5. The molecule has 1 aliphatic rings. The van der Waals surface area contributed by atoms with E-state index >= 15 is 0 Å². The third-order valence-corrected chi connectivity index (χ3v) is 3.21. The predicted octanol–water partition coefficient (Wildman–Crippen LogP) is 2.28. The van der Waals surface area contributed by atoms with E-state index in [0.29, 0.717) is 11.4 Å². The minimum Gasteiger partial charge on any atom is -0.476 e. The average molecular weight is 295 g/mol. The normalized spacial score (nSPS) is 17.1. The van der Waals surface area contributed by atoms with Gasteiger partial charge in [-0.05, 0) is 12.1 Å². The molecule has 3 rings (SSSR count). The number of carbonyl (C=O) groups is 1. The van der Waals surface area contributed by atoms with Gasteiger partial charge in [-0.2, -0.15) is 0 Å². The number of anilines is 1. The Balaban J connectivity index is 1.88. The highest BCUT2D eigenvalue weighted by molar-refractivity contribution is 5.85. The summed E-state index contributed by atoms with van der Waals surface area (Å²) in [4.78, 5) is 20.1. The van der Waals surface area contributed by atoms with Crippen LogP contribution in [0.5, 0.6) is 0 Å². The fraction of sp³-hybridized carbons (Fsp3) is 0.308. The molecule has 2 aromatic heterocycles. The summed E-state index contributed by atoms with van der Waals surface area (Å²) in [5.74, 6) is -3.41.